The van der Waals surface area contributed by atoms with Gasteiger partial charge in [0.1, 0.15) is 5.54 Å². The summed E-state index contributed by atoms with van der Waals surface area (Å²) in [6, 6.07) is 8.02. The highest BCUT2D eigenvalue weighted by atomic mass is 16.1. The quantitative estimate of drug-likeness (QED) is 0.783. The molecule has 0 saturated heterocycles. The zero-order valence-electron chi connectivity index (χ0n) is 10.0. The van der Waals surface area contributed by atoms with Crippen LogP contribution in [0.15, 0.2) is 24.3 Å². The fourth-order valence-electron chi connectivity index (χ4n) is 1.46. The number of rotatable bonds is 4. The predicted molar refractivity (Wildman–Crippen MR) is 66.2 cm³/mol. The SMILES string of the molecule is Cc1ccc(N(C)CC(C)(N)C(N)=O)cc1. The summed E-state index contributed by atoms with van der Waals surface area (Å²) < 4.78 is 0. The molecule has 16 heavy (non-hydrogen) atoms. The Bertz CT molecular complexity index is 370. The summed E-state index contributed by atoms with van der Waals surface area (Å²) in [6.45, 7) is 4.06. The number of amides is 1. The molecule has 88 valence electrons. The lowest BCUT2D eigenvalue weighted by molar-refractivity contribution is -0.122. The lowest BCUT2D eigenvalue weighted by Crippen LogP contribution is -2.56. The van der Waals surface area contributed by atoms with E-state index in [1.165, 1.54) is 5.56 Å². The summed E-state index contributed by atoms with van der Waals surface area (Å²) in [7, 11) is 1.89. The molecule has 0 heterocycles. The fourth-order valence-corrected chi connectivity index (χ4v) is 1.46. The highest BCUT2D eigenvalue weighted by Crippen LogP contribution is 2.15. The molecule has 1 rings (SSSR count). The molecule has 1 unspecified atom stereocenters. The molecule has 1 aromatic rings. The third kappa shape index (κ3) is 2.97. The lowest BCUT2D eigenvalue weighted by atomic mass is 10.0. The molecule has 0 aliphatic carbocycles. The molecule has 0 bridgehead atoms. The van der Waals surface area contributed by atoms with E-state index in [9.17, 15) is 4.79 Å². The number of benzene rings is 1. The van der Waals surface area contributed by atoms with Crippen molar-refractivity contribution in [1.82, 2.24) is 0 Å². The number of carbonyl (C=O) groups excluding carboxylic acids is 1. The maximum atomic E-state index is 11.1. The van der Waals surface area contributed by atoms with Crippen molar-refractivity contribution < 1.29 is 4.79 Å². The molecule has 0 aliphatic rings. The average Bonchev–Trinajstić information content (AvgIpc) is 2.17. The minimum Gasteiger partial charge on any atom is -0.372 e. The number of nitrogens with two attached hydrogens (primary N) is 2. The average molecular weight is 221 g/mol. The van der Waals surface area contributed by atoms with Crippen molar-refractivity contribution in [3.05, 3.63) is 29.8 Å². The number of likely N-dealkylation sites (N-methyl/N-ethyl adjacent to an activating group) is 1. The van der Waals surface area contributed by atoms with Crippen molar-refractivity contribution >= 4 is 11.6 Å². The van der Waals surface area contributed by atoms with E-state index in [0.29, 0.717) is 6.54 Å². The molecular weight excluding hydrogens is 202 g/mol. The highest BCUT2D eigenvalue weighted by molar-refractivity contribution is 5.84. The number of nitrogens with zero attached hydrogens (tertiary/aromatic N) is 1. The van der Waals surface area contributed by atoms with Crippen LogP contribution >= 0.6 is 0 Å². The number of carbonyl (C=O) groups is 1. The van der Waals surface area contributed by atoms with Crippen LogP contribution in [-0.4, -0.2) is 25.0 Å². The third-order valence-corrected chi connectivity index (χ3v) is 2.60. The van der Waals surface area contributed by atoms with Crippen LogP contribution in [0, 0.1) is 6.92 Å². The first kappa shape index (κ1) is 12.5. The van der Waals surface area contributed by atoms with Crippen LogP contribution in [0.25, 0.3) is 0 Å². The molecule has 1 atom stereocenters. The van der Waals surface area contributed by atoms with Gasteiger partial charge in [-0.25, -0.2) is 0 Å². The number of primary amides is 1. The standard InChI is InChI=1S/C12H19N3O/c1-9-4-6-10(7-5-9)15(3)8-12(2,14)11(13)16/h4-7H,8,14H2,1-3H3,(H2,13,16). The number of hydrogen-bond donors (Lipinski definition) is 2. The van der Waals surface area contributed by atoms with Gasteiger partial charge in [0.05, 0.1) is 0 Å². The number of aryl methyl sites for hydroxylation is 1. The third-order valence-electron chi connectivity index (χ3n) is 2.60. The summed E-state index contributed by atoms with van der Waals surface area (Å²) in [6.07, 6.45) is 0. The molecule has 4 N–H and O–H groups in total. The summed E-state index contributed by atoms with van der Waals surface area (Å²) in [5, 5.41) is 0. The molecule has 4 heteroatoms. The lowest BCUT2D eigenvalue weighted by Gasteiger charge is -2.28. The minimum atomic E-state index is -1.01. The van der Waals surface area contributed by atoms with Gasteiger partial charge in [0, 0.05) is 19.3 Å². The van der Waals surface area contributed by atoms with Gasteiger partial charge >= 0.3 is 0 Å². The first-order valence-corrected chi connectivity index (χ1v) is 5.19. The number of anilines is 1. The van der Waals surface area contributed by atoms with Crippen LogP contribution in [0.4, 0.5) is 5.69 Å². The van der Waals surface area contributed by atoms with Gasteiger partial charge in [-0.1, -0.05) is 17.7 Å². The van der Waals surface area contributed by atoms with Gasteiger partial charge in [-0.3, -0.25) is 4.79 Å². The van der Waals surface area contributed by atoms with E-state index in [4.69, 9.17) is 11.5 Å². The van der Waals surface area contributed by atoms with E-state index >= 15 is 0 Å². The van der Waals surface area contributed by atoms with E-state index in [0.717, 1.165) is 5.69 Å². The largest absolute Gasteiger partial charge is 0.372 e. The zero-order chi connectivity index (χ0) is 12.3. The first-order valence-electron chi connectivity index (χ1n) is 5.19. The van der Waals surface area contributed by atoms with Crippen molar-refractivity contribution in [3.63, 3.8) is 0 Å². The Labute approximate surface area is 96.2 Å². The normalized spacial score (nSPS) is 14.2. The Morgan fingerprint density at radius 2 is 1.88 bits per heavy atom. The van der Waals surface area contributed by atoms with E-state index in [-0.39, 0.29) is 0 Å². The van der Waals surface area contributed by atoms with Crippen LogP contribution < -0.4 is 16.4 Å². The molecule has 1 aromatic carbocycles. The summed E-state index contributed by atoms with van der Waals surface area (Å²) in [4.78, 5) is 13.0. The zero-order valence-corrected chi connectivity index (χ0v) is 10.0. The maximum Gasteiger partial charge on any atom is 0.239 e. The second-order valence-electron chi connectivity index (χ2n) is 4.47. The van der Waals surface area contributed by atoms with Crippen molar-refractivity contribution in [2.75, 3.05) is 18.5 Å². The smallest absolute Gasteiger partial charge is 0.239 e. The monoisotopic (exact) mass is 221 g/mol. The Balaban J connectivity index is 2.76. The van der Waals surface area contributed by atoms with E-state index in [1.54, 1.807) is 6.92 Å². The minimum absolute atomic E-state index is 0.394. The van der Waals surface area contributed by atoms with Crippen molar-refractivity contribution in [2.24, 2.45) is 11.5 Å². The molecule has 0 aliphatic heterocycles. The predicted octanol–water partition coefficient (Wildman–Crippen LogP) is 0.634. The van der Waals surface area contributed by atoms with Crippen LogP contribution in [0.1, 0.15) is 12.5 Å². The van der Waals surface area contributed by atoms with Gasteiger partial charge in [0.15, 0.2) is 0 Å². The Hall–Kier alpha value is -1.55. The van der Waals surface area contributed by atoms with Gasteiger partial charge in [0.2, 0.25) is 5.91 Å². The van der Waals surface area contributed by atoms with Crippen LogP contribution in [0.2, 0.25) is 0 Å². The fraction of sp³-hybridized carbons (Fsp3) is 0.417. The van der Waals surface area contributed by atoms with Crippen LogP contribution in [0.5, 0.6) is 0 Å². The molecule has 0 fully saturated rings. The molecule has 0 aromatic heterocycles. The topological polar surface area (TPSA) is 72.3 Å². The van der Waals surface area contributed by atoms with Crippen molar-refractivity contribution in [2.45, 2.75) is 19.4 Å². The Kier molecular flexibility index (Phi) is 3.55. The van der Waals surface area contributed by atoms with Gasteiger partial charge in [0.25, 0.3) is 0 Å². The molecule has 4 nitrogen and oxygen atoms in total. The molecule has 0 radical (unpaired) electrons. The van der Waals surface area contributed by atoms with Crippen LogP contribution in [0.3, 0.4) is 0 Å². The van der Waals surface area contributed by atoms with Crippen LogP contribution in [-0.2, 0) is 4.79 Å². The van der Waals surface area contributed by atoms with E-state index in [1.807, 2.05) is 43.1 Å². The van der Waals surface area contributed by atoms with Crippen molar-refractivity contribution in [1.29, 1.82) is 0 Å². The second kappa shape index (κ2) is 4.53. The molecular formula is C12H19N3O. The van der Waals surface area contributed by atoms with E-state index < -0.39 is 11.4 Å². The van der Waals surface area contributed by atoms with Gasteiger partial charge in [-0.2, -0.15) is 0 Å². The summed E-state index contributed by atoms with van der Waals surface area (Å²) in [5.41, 5.74) is 12.2. The molecule has 1 amide bonds. The van der Waals surface area contributed by atoms with Gasteiger partial charge in [-0.15, -0.1) is 0 Å². The van der Waals surface area contributed by atoms with E-state index in [2.05, 4.69) is 0 Å². The molecule has 0 saturated carbocycles. The van der Waals surface area contributed by atoms with Gasteiger partial charge < -0.3 is 16.4 Å². The number of hydrogen-bond acceptors (Lipinski definition) is 3. The Morgan fingerprint density at radius 1 is 1.38 bits per heavy atom. The van der Waals surface area contributed by atoms with Gasteiger partial charge in [-0.05, 0) is 26.0 Å². The summed E-state index contributed by atoms with van der Waals surface area (Å²) in [5.74, 6) is -0.494. The van der Waals surface area contributed by atoms with Crippen molar-refractivity contribution in [3.8, 4) is 0 Å². The summed E-state index contributed by atoms with van der Waals surface area (Å²) >= 11 is 0. The highest BCUT2D eigenvalue weighted by Gasteiger charge is 2.27. The maximum absolute atomic E-state index is 11.1. The second-order valence-corrected chi connectivity index (χ2v) is 4.47. The Morgan fingerprint density at radius 3 is 2.31 bits per heavy atom. The first-order chi connectivity index (χ1) is 7.33. The molecule has 0 spiro atoms.